The molecule has 1 saturated carbocycles. The second kappa shape index (κ2) is 10.6. The lowest BCUT2D eigenvalue weighted by molar-refractivity contribution is 0.104. The average molecular weight is 507 g/mol. The van der Waals surface area contributed by atoms with E-state index in [-0.39, 0.29) is 23.5 Å². The summed E-state index contributed by atoms with van der Waals surface area (Å²) < 4.78 is 11.0. The van der Waals surface area contributed by atoms with Crippen molar-refractivity contribution >= 4 is 34.1 Å². The first-order valence-electron chi connectivity index (χ1n) is 11.9. The summed E-state index contributed by atoms with van der Waals surface area (Å²) in [7, 11) is 1.53. The van der Waals surface area contributed by atoms with Gasteiger partial charge in [-0.3, -0.25) is 4.79 Å². The number of rotatable bonds is 8. The van der Waals surface area contributed by atoms with Gasteiger partial charge in [-0.1, -0.05) is 11.6 Å². The van der Waals surface area contributed by atoms with Crippen molar-refractivity contribution in [2.75, 3.05) is 19.0 Å². The second-order valence-electron chi connectivity index (χ2n) is 8.94. The van der Waals surface area contributed by atoms with Gasteiger partial charge in [0.1, 0.15) is 17.1 Å². The van der Waals surface area contributed by atoms with E-state index in [0.717, 1.165) is 36.8 Å². The number of aliphatic hydroxyl groups excluding tert-OH is 1. The summed E-state index contributed by atoms with van der Waals surface area (Å²) in [6.45, 7) is 0.240. The number of aromatic nitrogens is 3. The number of carbonyl (C=O) groups excluding carboxylic acids is 1. The second-order valence-corrected chi connectivity index (χ2v) is 9.34. The summed E-state index contributed by atoms with van der Waals surface area (Å²) >= 11 is 6.54. The van der Waals surface area contributed by atoms with Gasteiger partial charge < -0.3 is 24.9 Å². The number of ketones is 1. The fraction of sp³-hybridized carbons (Fsp3) is 0.296. The molecule has 0 saturated heterocycles. The molecule has 186 valence electrons. The predicted molar refractivity (Wildman–Crippen MR) is 138 cm³/mol. The Bertz CT molecular complexity index is 1380. The molecular weight excluding hydrogens is 480 g/mol. The highest BCUT2D eigenvalue weighted by molar-refractivity contribution is 6.35. The van der Waals surface area contributed by atoms with Gasteiger partial charge in [-0.15, -0.1) is 0 Å². The molecule has 36 heavy (non-hydrogen) atoms. The fourth-order valence-electron chi connectivity index (χ4n) is 4.66. The predicted octanol–water partition coefficient (Wildman–Crippen LogP) is 5.61. The number of ether oxygens (including phenoxy) is 2. The quantitative estimate of drug-likeness (QED) is 0.266. The van der Waals surface area contributed by atoms with Crippen molar-refractivity contribution in [3.05, 3.63) is 71.1 Å². The third kappa shape index (κ3) is 5.01. The van der Waals surface area contributed by atoms with Crippen LogP contribution in [0.2, 0.25) is 5.02 Å². The van der Waals surface area contributed by atoms with Gasteiger partial charge in [-0.05, 0) is 55.9 Å². The zero-order chi connectivity index (χ0) is 25.1. The van der Waals surface area contributed by atoms with Crippen LogP contribution >= 0.6 is 11.6 Å². The van der Waals surface area contributed by atoms with Gasteiger partial charge in [0.05, 0.1) is 23.1 Å². The van der Waals surface area contributed by atoms with Crippen molar-refractivity contribution < 1.29 is 19.4 Å². The fourth-order valence-corrected chi connectivity index (χ4v) is 4.91. The SMILES string of the molecule is COc1cc(Oc2ccc(C(=O)c3c[nH]c4nccc(NC5CCC(CO)CC5)c34)c(Cl)c2)ccn1. The van der Waals surface area contributed by atoms with Gasteiger partial charge in [-0.2, -0.15) is 0 Å². The molecule has 0 spiro atoms. The number of aliphatic hydroxyl groups is 1. The van der Waals surface area contributed by atoms with Crippen LogP contribution in [0.1, 0.15) is 41.6 Å². The van der Waals surface area contributed by atoms with E-state index in [0.29, 0.717) is 40.1 Å². The molecule has 3 N–H and O–H groups in total. The lowest BCUT2D eigenvalue weighted by atomic mass is 9.86. The largest absolute Gasteiger partial charge is 0.481 e. The summed E-state index contributed by atoms with van der Waals surface area (Å²) in [5, 5.41) is 14.1. The maximum absolute atomic E-state index is 13.6. The molecule has 5 rings (SSSR count). The molecule has 0 aliphatic heterocycles. The number of pyridine rings is 2. The summed E-state index contributed by atoms with van der Waals surface area (Å²) in [4.78, 5) is 25.2. The molecule has 3 aromatic heterocycles. The van der Waals surface area contributed by atoms with Crippen LogP contribution in [0.3, 0.4) is 0 Å². The van der Waals surface area contributed by atoms with Gasteiger partial charge in [0.25, 0.3) is 0 Å². The lowest BCUT2D eigenvalue weighted by Gasteiger charge is -2.29. The molecule has 1 aliphatic rings. The van der Waals surface area contributed by atoms with Crippen molar-refractivity contribution in [2.24, 2.45) is 5.92 Å². The van der Waals surface area contributed by atoms with Gasteiger partial charge in [-0.25, -0.2) is 9.97 Å². The first-order valence-corrected chi connectivity index (χ1v) is 12.3. The molecule has 0 unspecified atom stereocenters. The van der Waals surface area contributed by atoms with Crippen molar-refractivity contribution in [1.82, 2.24) is 15.0 Å². The minimum atomic E-state index is -0.205. The summed E-state index contributed by atoms with van der Waals surface area (Å²) in [5.41, 5.74) is 2.37. The lowest BCUT2D eigenvalue weighted by Crippen LogP contribution is -2.27. The number of aromatic amines is 1. The van der Waals surface area contributed by atoms with E-state index in [1.165, 1.54) is 7.11 Å². The monoisotopic (exact) mass is 506 g/mol. The average Bonchev–Trinajstić information content (AvgIpc) is 3.34. The number of anilines is 1. The highest BCUT2D eigenvalue weighted by Gasteiger charge is 2.24. The van der Waals surface area contributed by atoms with E-state index < -0.39 is 0 Å². The molecule has 1 aliphatic carbocycles. The maximum atomic E-state index is 13.6. The van der Waals surface area contributed by atoms with Crippen molar-refractivity contribution in [3.63, 3.8) is 0 Å². The number of fused-ring (bicyclic) bond motifs is 1. The van der Waals surface area contributed by atoms with Crippen LogP contribution in [0.25, 0.3) is 11.0 Å². The number of nitrogens with one attached hydrogen (secondary N) is 2. The Morgan fingerprint density at radius 1 is 1.08 bits per heavy atom. The van der Waals surface area contributed by atoms with Gasteiger partial charge >= 0.3 is 0 Å². The molecular formula is C27H27ClN4O4. The Morgan fingerprint density at radius 3 is 2.61 bits per heavy atom. The topological polar surface area (TPSA) is 109 Å². The van der Waals surface area contributed by atoms with Crippen LogP contribution in [0.4, 0.5) is 5.69 Å². The number of hydrogen-bond acceptors (Lipinski definition) is 7. The van der Waals surface area contributed by atoms with E-state index in [1.807, 2.05) is 6.07 Å². The summed E-state index contributed by atoms with van der Waals surface area (Å²) in [6.07, 6.45) is 8.90. The third-order valence-corrected chi connectivity index (χ3v) is 6.93. The normalized spacial score (nSPS) is 17.6. The smallest absolute Gasteiger partial charge is 0.216 e. The van der Waals surface area contributed by atoms with Gasteiger partial charge in [0.15, 0.2) is 5.78 Å². The molecule has 0 radical (unpaired) electrons. The van der Waals surface area contributed by atoms with Crippen LogP contribution < -0.4 is 14.8 Å². The van der Waals surface area contributed by atoms with E-state index in [4.69, 9.17) is 21.1 Å². The molecule has 8 nitrogen and oxygen atoms in total. The van der Waals surface area contributed by atoms with E-state index in [9.17, 15) is 9.90 Å². The number of carbonyl (C=O) groups is 1. The first-order chi connectivity index (χ1) is 17.6. The van der Waals surface area contributed by atoms with Crippen molar-refractivity contribution in [1.29, 1.82) is 0 Å². The zero-order valence-electron chi connectivity index (χ0n) is 19.8. The Balaban J connectivity index is 1.39. The van der Waals surface area contributed by atoms with Gasteiger partial charge in [0.2, 0.25) is 5.88 Å². The van der Waals surface area contributed by atoms with Crippen LogP contribution in [0.15, 0.2) is 55.0 Å². The number of nitrogens with zero attached hydrogens (tertiary/aromatic N) is 2. The first kappa shape index (κ1) is 24.1. The minimum Gasteiger partial charge on any atom is -0.481 e. The molecule has 3 heterocycles. The summed E-state index contributed by atoms with van der Waals surface area (Å²) in [6, 6.07) is 10.5. The van der Waals surface area contributed by atoms with Crippen LogP contribution in [-0.2, 0) is 0 Å². The van der Waals surface area contributed by atoms with E-state index >= 15 is 0 Å². The summed E-state index contributed by atoms with van der Waals surface area (Å²) in [5.74, 6) is 1.64. The number of benzene rings is 1. The van der Waals surface area contributed by atoms with Crippen LogP contribution in [-0.4, -0.2) is 45.6 Å². The van der Waals surface area contributed by atoms with Crippen LogP contribution in [0.5, 0.6) is 17.4 Å². The molecule has 0 atom stereocenters. The molecule has 1 aromatic carbocycles. The van der Waals surface area contributed by atoms with Crippen molar-refractivity contribution in [3.8, 4) is 17.4 Å². The number of methoxy groups -OCH3 is 1. The molecule has 4 aromatic rings. The molecule has 9 heteroatoms. The number of hydrogen-bond donors (Lipinski definition) is 3. The van der Waals surface area contributed by atoms with Gasteiger partial charge in [0, 0.05) is 54.6 Å². The molecule has 0 bridgehead atoms. The Kier molecular flexibility index (Phi) is 7.06. The van der Waals surface area contributed by atoms with Crippen molar-refractivity contribution in [2.45, 2.75) is 31.7 Å². The highest BCUT2D eigenvalue weighted by atomic mass is 35.5. The Labute approximate surface area is 213 Å². The third-order valence-electron chi connectivity index (χ3n) is 6.62. The molecule has 1 fully saturated rings. The van der Waals surface area contributed by atoms with E-state index in [1.54, 1.807) is 48.9 Å². The maximum Gasteiger partial charge on any atom is 0.216 e. The Hall–Kier alpha value is -3.62. The number of H-pyrrole nitrogens is 1. The van der Waals surface area contributed by atoms with E-state index in [2.05, 4.69) is 20.3 Å². The Morgan fingerprint density at radius 2 is 1.86 bits per heavy atom. The highest BCUT2D eigenvalue weighted by Crippen LogP contribution is 2.34. The zero-order valence-corrected chi connectivity index (χ0v) is 20.6. The standard InChI is InChI=1S/C27H27ClN4O4/c1-35-24-13-19(8-10-29-24)36-18-6-7-20(22(28)12-18)26(34)21-14-31-27-25(21)23(9-11-30-27)32-17-4-2-16(15-33)3-5-17/h6-14,16-17,33H,2-5,15H2,1H3,(H2,30,31,32). The molecule has 0 amide bonds. The van der Waals surface area contributed by atoms with Crippen LogP contribution in [0, 0.1) is 5.92 Å². The minimum absolute atomic E-state index is 0.205. The number of halogens is 1.